The molecule has 1 saturated heterocycles. The molecule has 1 aliphatic heterocycles. The van der Waals surface area contributed by atoms with E-state index in [1.165, 1.54) is 0 Å². The highest BCUT2D eigenvalue weighted by atomic mass is 28.3. The lowest BCUT2D eigenvalue weighted by Gasteiger charge is -2.18. The molecule has 0 radical (unpaired) electrons. The van der Waals surface area contributed by atoms with Crippen molar-refractivity contribution in [1.29, 1.82) is 0 Å². The van der Waals surface area contributed by atoms with Crippen molar-refractivity contribution in [2.45, 2.75) is 51.2 Å². The molecule has 3 rings (SSSR count). The molecule has 0 unspecified atom stereocenters. The second kappa shape index (κ2) is 8.33. The van der Waals surface area contributed by atoms with E-state index >= 15 is 0 Å². The number of aromatic hydroxyl groups is 1. The maximum Gasteiger partial charge on any atom is 0.160 e. The first-order valence-corrected chi connectivity index (χ1v) is 13.0. The first-order valence-electron chi connectivity index (χ1n) is 9.32. The smallest absolute Gasteiger partial charge is 0.160 e. The normalized spacial score (nSPS) is 16.1. The van der Waals surface area contributed by atoms with Gasteiger partial charge in [-0.3, -0.25) is 0 Å². The van der Waals surface area contributed by atoms with Gasteiger partial charge in [0.05, 0.1) is 0 Å². The Balaban J connectivity index is 1.78. The third kappa shape index (κ3) is 5.15. The molecule has 0 bridgehead atoms. The van der Waals surface area contributed by atoms with Gasteiger partial charge >= 0.3 is 0 Å². The predicted molar refractivity (Wildman–Crippen MR) is 104 cm³/mol. The largest absolute Gasteiger partial charge is 0.508 e. The molecule has 1 N–H and O–H groups in total. The topological polar surface area (TPSA) is 69.4 Å². The summed E-state index contributed by atoms with van der Waals surface area (Å²) in [6, 6.07) is 8.21. The van der Waals surface area contributed by atoms with Gasteiger partial charge in [0.2, 0.25) is 0 Å². The first-order chi connectivity index (χ1) is 12.4. The molecular formula is C19H29N3O3Si. The minimum absolute atomic E-state index is 0.246. The number of hydrogen-bond acceptors (Lipinski definition) is 5. The number of ether oxygens (including phenoxy) is 2. The monoisotopic (exact) mass is 375 g/mol. The van der Waals surface area contributed by atoms with Crippen LogP contribution in [0.3, 0.4) is 0 Å². The molecule has 1 aromatic heterocycles. The number of hydrogen-bond donors (Lipinski definition) is 1. The van der Waals surface area contributed by atoms with Gasteiger partial charge in [-0.2, -0.15) is 5.10 Å². The van der Waals surface area contributed by atoms with E-state index in [9.17, 15) is 5.11 Å². The van der Waals surface area contributed by atoms with Gasteiger partial charge in [0.1, 0.15) is 12.5 Å². The van der Waals surface area contributed by atoms with Crippen molar-refractivity contribution in [1.82, 2.24) is 14.8 Å². The molecule has 2 aromatic rings. The summed E-state index contributed by atoms with van der Waals surface area (Å²) in [5.41, 5.74) is 0.933. The van der Waals surface area contributed by atoms with Gasteiger partial charge in [-0.25, -0.2) is 9.67 Å². The van der Waals surface area contributed by atoms with E-state index in [0.717, 1.165) is 55.9 Å². The zero-order valence-electron chi connectivity index (χ0n) is 15.9. The molecule has 6 nitrogen and oxygen atoms in total. The fourth-order valence-electron chi connectivity index (χ4n) is 2.93. The van der Waals surface area contributed by atoms with Crippen LogP contribution in [0.1, 0.15) is 24.6 Å². The number of phenols is 1. The fraction of sp³-hybridized carbons (Fsp3) is 0.579. The van der Waals surface area contributed by atoms with Crippen LogP contribution in [0.25, 0.3) is 11.4 Å². The minimum atomic E-state index is -1.11. The molecule has 26 heavy (non-hydrogen) atoms. The van der Waals surface area contributed by atoms with Crippen LogP contribution in [0, 0.1) is 0 Å². The van der Waals surface area contributed by atoms with E-state index < -0.39 is 8.07 Å². The van der Waals surface area contributed by atoms with Crippen molar-refractivity contribution in [3.63, 3.8) is 0 Å². The second-order valence-electron chi connectivity index (χ2n) is 8.07. The Labute approximate surface area is 156 Å². The average Bonchev–Trinajstić information content (AvgIpc) is 3.04. The van der Waals surface area contributed by atoms with Gasteiger partial charge in [0.15, 0.2) is 11.6 Å². The number of rotatable bonds is 7. The van der Waals surface area contributed by atoms with E-state index in [1.54, 1.807) is 12.1 Å². The summed E-state index contributed by atoms with van der Waals surface area (Å²) >= 11 is 0. The molecule has 0 spiro atoms. The Morgan fingerprint density at radius 2 is 1.88 bits per heavy atom. The molecule has 0 amide bonds. The first kappa shape index (κ1) is 19.1. The molecule has 1 aromatic carbocycles. The number of nitrogens with zero attached hydrogens (tertiary/aromatic N) is 3. The van der Waals surface area contributed by atoms with E-state index in [1.807, 2.05) is 16.8 Å². The van der Waals surface area contributed by atoms with Gasteiger partial charge in [-0.05, 0) is 43.2 Å². The zero-order valence-corrected chi connectivity index (χ0v) is 16.9. The van der Waals surface area contributed by atoms with E-state index in [0.29, 0.717) is 12.6 Å². The summed E-state index contributed by atoms with van der Waals surface area (Å²) in [6.45, 7) is 9.71. The van der Waals surface area contributed by atoms with Crippen molar-refractivity contribution < 1.29 is 14.6 Å². The highest BCUT2D eigenvalue weighted by molar-refractivity contribution is 6.76. The van der Waals surface area contributed by atoms with Crippen LogP contribution in [0.2, 0.25) is 25.7 Å². The van der Waals surface area contributed by atoms with Crippen LogP contribution >= 0.6 is 0 Å². The lowest BCUT2D eigenvalue weighted by Crippen LogP contribution is -2.22. The third-order valence-corrected chi connectivity index (χ3v) is 6.31. The molecule has 7 heteroatoms. The molecule has 2 heterocycles. The molecule has 1 fully saturated rings. The fourth-order valence-corrected chi connectivity index (χ4v) is 3.69. The van der Waals surface area contributed by atoms with Crippen LogP contribution in [0.4, 0.5) is 0 Å². The van der Waals surface area contributed by atoms with Crippen LogP contribution in [0.5, 0.6) is 5.75 Å². The number of aromatic nitrogens is 3. The summed E-state index contributed by atoms with van der Waals surface area (Å²) in [7, 11) is -1.11. The van der Waals surface area contributed by atoms with Gasteiger partial charge in [-0.1, -0.05) is 19.6 Å². The standard InChI is InChI=1S/C19H29N3O3Si/c1-26(2,3)13-12-25-14-22-19(16-4-6-17(23)7-5-16)20-18(21-22)15-8-10-24-11-9-15/h4-7,15,23H,8-14H2,1-3H3. The maximum absolute atomic E-state index is 9.55. The zero-order chi connectivity index (χ0) is 18.6. The molecular weight excluding hydrogens is 346 g/mol. The lowest BCUT2D eigenvalue weighted by molar-refractivity contribution is 0.0758. The van der Waals surface area contributed by atoms with E-state index in [4.69, 9.17) is 19.6 Å². The summed E-state index contributed by atoms with van der Waals surface area (Å²) in [6.07, 6.45) is 1.91. The van der Waals surface area contributed by atoms with Crippen molar-refractivity contribution in [2.75, 3.05) is 19.8 Å². The summed E-state index contributed by atoms with van der Waals surface area (Å²) in [4.78, 5) is 4.80. The van der Waals surface area contributed by atoms with Crippen molar-refractivity contribution >= 4 is 8.07 Å². The van der Waals surface area contributed by atoms with Gasteiger partial charge < -0.3 is 14.6 Å². The summed E-state index contributed by atoms with van der Waals surface area (Å²) in [5.74, 6) is 2.24. The Kier molecular flexibility index (Phi) is 6.11. The highest BCUT2D eigenvalue weighted by Crippen LogP contribution is 2.28. The van der Waals surface area contributed by atoms with Gasteiger partial charge in [-0.15, -0.1) is 0 Å². The molecule has 142 valence electrons. The quantitative estimate of drug-likeness (QED) is 0.588. The van der Waals surface area contributed by atoms with Crippen LogP contribution < -0.4 is 0 Å². The lowest BCUT2D eigenvalue weighted by atomic mass is 10.00. The Morgan fingerprint density at radius 3 is 2.54 bits per heavy atom. The average molecular weight is 376 g/mol. The maximum atomic E-state index is 9.55. The number of benzene rings is 1. The second-order valence-corrected chi connectivity index (χ2v) is 13.7. The Bertz CT molecular complexity index is 704. The van der Waals surface area contributed by atoms with Crippen molar-refractivity contribution in [3.05, 3.63) is 30.1 Å². The van der Waals surface area contributed by atoms with Gasteiger partial charge in [0.25, 0.3) is 0 Å². The Hall–Kier alpha value is -1.70. The van der Waals surface area contributed by atoms with Crippen molar-refractivity contribution in [2.24, 2.45) is 0 Å². The predicted octanol–water partition coefficient (Wildman–Crippen LogP) is 3.86. The Morgan fingerprint density at radius 1 is 1.19 bits per heavy atom. The van der Waals surface area contributed by atoms with Crippen LogP contribution in [-0.4, -0.2) is 47.8 Å². The third-order valence-electron chi connectivity index (χ3n) is 4.61. The minimum Gasteiger partial charge on any atom is -0.508 e. The van der Waals surface area contributed by atoms with Crippen LogP contribution in [0.15, 0.2) is 24.3 Å². The summed E-state index contributed by atoms with van der Waals surface area (Å²) in [5, 5.41) is 14.3. The summed E-state index contributed by atoms with van der Waals surface area (Å²) < 4.78 is 13.2. The van der Waals surface area contributed by atoms with Crippen molar-refractivity contribution in [3.8, 4) is 17.1 Å². The molecule has 0 atom stereocenters. The number of phenolic OH excluding ortho intramolecular Hbond substituents is 1. The molecule has 1 aliphatic rings. The molecule has 0 saturated carbocycles. The SMILES string of the molecule is C[Si](C)(C)CCOCn1nc(C2CCOCC2)nc1-c1ccc(O)cc1. The van der Waals surface area contributed by atoms with Crippen LogP contribution in [-0.2, 0) is 16.2 Å². The molecule has 0 aliphatic carbocycles. The van der Waals surface area contributed by atoms with E-state index in [-0.39, 0.29) is 5.75 Å². The van der Waals surface area contributed by atoms with Gasteiger partial charge in [0, 0.05) is 39.4 Å². The highest BCUT2D eigenvalue weighted by Gasteiger charge is 2.23. The van der Waals surface area contributed by atoms with E-state index in [2.05, 4.69) is 19.6 Å².